The Morgan fingerprint density at radius 1 is 1.57 bits per heavy atom. The summed E-state index contributed by atoms with van der Waals surface area (Å²) in [6.45, 7) is 0. The number of hydroxylamine groups is 1. The van der Waals surface area contributed by atoms with Gasteiger partial charge in [0.1, 0.15) is 0 Å². The molecule has 0 heterocycles. The molecule has 0 unspecified atom stereocenters. The maximum absolute atomic E-state index is 7.99. The van der Waals surface area contributed by atoms with E-state index in [1.807, 2.05) is 0 Å². The topological polar surface area (TPSA) is 88.0 Å². The maximum Gasteiger partial charge on any atom is 0.0307 e. The lowest BCUT2D eigenvalue weighted by molar-refractivity contribution is -0.438. The smallest absolute Gasteiger partial charge is 0.0307 e. The summed E-state index contributed by atoms with van der Waals surface area (Å²) in [6, 6.07) is 0. The molecule has 44 valence electrons. The number of hydrogen-bond acceptors (Lipinski definition) is 6. The van der Waals surface area contributed by atoms with E-state index in [1.54, 1.807) is 0 Å². The van der Waals surface area contributed by atoms with Crippen LogP contribution >= 0.6 is 0 Å². The summed E-state index contributed by atoms with van der Waals surface area (Å²) in [6.07, 6.45) is 0. The second-order valence-electron chi connectivity index (χ2n) is 0.930. The van der Waals surface area contributed by atoms with Gasteiger partial charge in [-0.05, 0) is 0 Å². The molecule has 0 aliphatic rings. The van der Waals surface area contributed by atoms with E-state index >= 15 is 0 Å². The van der Waals surface area contributed by atoms with Crippen molar-refractivity contribution in [3.8, 4) is 0 Å². The summed E-state index contributed by atoms with van der Waals surface area (Å²) in [5.41, 5.74) is 0. The average Bonchev–Trinajstić information content (AvgIpc) is 1.27. The lowest BCUT2D eigenvalue weighted by Gasteiger charge is -2.10. The molecule has 0 radical (unpaired) electrons. The van der Waals surface area contributed by atoms with E-state index in [2.05, 4.69) is 10.8 Å². The highest BCUT2D eigenvalue weighted by atomic mass is 17.0. The normalized spacial score (nSPS) is 11.1. The molecule has 0 spiro atoms. The summed E-state index contributed by atoms with van der Waals surface area (Å²) in [5, 5.41) is 8.74. The molecule has 0 amide bonds. The van der Waals surface area contributed by atoms with Crippen molar-refractivity contribution in [3.05, 3.63) is 0 Å². The summed E-state index contributed by atoms with van der Waals surface area (Å²) < 4.78 is 0. The van der Waals surface area contributed by atoms with E-state index in [-0.39, 0.29) is 5.34 Å². The molecule has 0 aromatic carbocycles. The second-order valence-corrected chi connectivity index (χ2v) is 0.930. The van der Waals surface area contributed by atoms with Crippen molar-refractivity contribution in [2.45, 2.75) is 0 Å². The van der Waals surface area contributed by atoms with E-state index in [1.165, 1.54) is 7.05 Å². The summed E-state index contributed by atoms with van der Waals surface area (Å²) in [5.74, 6) is 9.36. The van der Waals surface area contributed by atoms with Crippen molar-refractivity contribution in [2.24, 2.45) is 11.7 Å². The zero-order chi connectivity index (χ0) is 5.86. The van der Waals surface area contributed by atoms with Gasteiger partial charge in [0.15, 0.2) is 0 Å². The SMILES string of the molecule is CN(N)ON(N)O. The third-order valence-electron chi connectivity index (χ3n) is 0.212. The molecule has 0 aliphatic heterocycles. The monoisotopic (exact) mass is 108 g/mol. The van der Waals surface area contributed by atoms with Crippen LogP contribution in [0.15, 0.2) is 0 Å². The van der Waals surface area contributed by atoms with Gasteiger partial charge in [0.05, 0.1) is 0 Å². The summed E-state index contributed by atoms with van der Waals surface area (Å²) in [4.78, 5) is 4.03. The molecule has 6 nitrogen and oxygen atoms in total. The fourth-order valence-corrected chi connectivity index (χ4v) is 0.132. The summed E-state index contributed by atoms with van der Waals surface area (Å²) in [7, 11) is 1.37. The number of nitrogens with zero attached hydrogens (tertiary/aromatic N) is 2. The molecule has 0 rings (SSSR count). The van der Waals surface area contributed by atoms with Crippen LogP contribution in [0.5, 0.6) is 0 Å². The molecular weight excluding hydrogens is 100 g/mol. The number of nitrogens with two attached hydrogens (primary N) is 2. The Balaban J connectivity index is 2.95. The Morgan fingerprint density at radius 2 is 2.00 bits per heavy atom. The lowest BCUT2D eigenvalue weighted by Crippen LogP contribution is -2.38. The predicted octanol–water partition coefficient (Wildman–Crippen LogP) is -1.80. The Morgan fingerprint density at radius 3 is 2.00 bits per heavy atom. The van der Waals surface area contributed by atoms with E-state index in [4.69, 9.17) is 11.0 Å². The quantitative estimate of drug-likeness (QED) is 0.286. The molecule has 0 aliphatic carbocycles. The van der Waals surface area contributed by atoms with Crippen LogP contribution < -0.4 is 11.7 Å². The van der Waals surface area contributed by atoms with Crippen LogP contribution in [0.1, 0.15) is 0 Å². The standard InChI is InChI=1S/CH8N4O2/c1-4(2)7-5(3)6/h6H,2-3H2,1H3. The van der Waals surface area contributed by atoms with Crippen LogP contribution in [0.4, 0.5) is 0 Å². The van der Waals surface area contributed by atoms with Crippen LogP contribution in [-0.2, 0) is 4.94 Å². The van der Waals surface area contributed by atoms with Gasteiger partial charge in [-0.1, -0.05) is 0 Å². The largest absolute Gasteiger partial charge is 0.275 e. The Bertz CT molecular complexity index is 39.0. The molecule has 5 N–H and O–H groups in total. The molecule has 0 fully saturated rings. The van der Waals surface area contributed by atoms with Crippen molar-refractivity contribution >= 4 is 0 Å². The molecule has 0 bridgehead atoms. The highest BCUT2D eigenvalue weighted by Gasteiger charge is 1.90. The van der Waals surface area contributed by atoms with Gasteiger partial charge >= 0.3 is 0 Å². The van der Waals surface area contributed by atoms with Crippen molar-refractivity contribution in [1.82, 2.24) is 10.5 Å². The first kappa shape index (κ1) is 6.76. The highest BCUT2D eigenvalue weighted by Crippen LogP contribution is 1.70. The number of hydrazine groups is 2. The van der Waals surface area contributed by atoms with E-state index < -0.39 is 0 Å². The molecule has 0 atom stereocenters. The van der Waals surface area contributed by atoms with Gasteiger partial charge in [-0.15, -0.1) is 5.17 Å². The van der Waals surface area contributed by atoms with Crippen molar-refractivity contribution < 1.29 is 10.1 Å². The number of rotatable bonds is 2. The summed E-state index contributed by atoms with van der Waals surface area (Å²) >= 11 is 0. The average molecular weight is 108 g/mol. The van der Waals surface area contributed by atoms with E-state index in [0.717, 1.165) is 5.17 Å². The van der Waals surface area contributed by atoms with Gasteiger partial charge in [0, 0.05) is 12.4 Å². The van der Waals surface area contributed by atoms with Crippen LogP contribution in [0.2, 0.25) is 0 Å². The first-order chi connectivity index (χ1) is 3.13. The second kappa shape index (κ2) is 2.86. The molecular formula is CH8N4O2. The molecule has 0 saturated heterocycles. The first-order valence-corrected chi connectivity index (χ1v) is 1.53. The zero-order valence-electron chi connectivity index (χ0n) is 3.90. The Labute approximate surface area is 40.6 Å². The molecule has 7 heavy (non-hydrogen) atoms. The highest BCUT2D eigenvalue weighted by molar-refractivity contribution is 3.88. The van der Waals surface area contributed by atoms with Crippen LogP contribution in [0.3, 0.4) is 0 Å². The van der Waals surface area contributed by atoms with Crippen LogP contribution in [0.25, 0.3) is 0 Å². The van der Waals surface area contributed by atoms with Gasteiger partial charge in [-0.3, -0.25) is 5.21 Å². The van der Waals surface area contributed by atoms with Crippen LogP contribution in [-0.4, -0.2) is 22.8 Å². The minimum absolute atomic E-state index is 0. The van der Waals surface area contributed by atoms with Gasteiger partial charge in [-0.2, -0.15) is 4.94 Å². The van der Waals surface area contributed by atoms with Crippen molar-refractivity contribution in [1.29, 1.82) is 0 Å². The minimum atomic E-state index is 0. The molecule has 0 saturated carbocycles. The van der Waals surface area contributed by atoms with Gasteiger partial charge in [0.25, 0.3) is 0 Å². The maximum atomic E-state index is 7.99. The third-order valence-corrected chi connectivity index (χ3v) is 0.212. The van der Waals surface area contributed by atoms with Crippen molar-refractivity contribution in [2.75, 3.05) is 7.05 Å². The predicted molar refractivity (Wildman–Crippen MR) is 20.8 cm³/mol. The van der Waals surface area contributed by atoms with E-state index in [0.29, 0.717) is 0 Å². The zero-order valence-corrected chi connectivity index (χ0v) is 3.90. The van der Waals surface area contributed by atoms with E-state index in [9.17, 15) is 0 Å². The fraction of sp³-hybridized carbons (Fsp3) is 1.00. The number of hydrogen-bond donors (Lipinski definition) is 3. The molecule has 0 aromatic rings. The Hall–Kier alpha value is -0.240. The lowest BCUT2D eigenvalue weighted by atomic mass is 11.5. The van der Waals surface area contributed by atoms with Crippen molar-refractivity contribution in [3.63, 3.8) is 0 Å². The molecule has 6 heteroatoms. The minimum Gasteiger partial charge on any atom is -0.275 e. The first-order valence-electron chi connectivity index (χ1n) is 1.53. The van der Waals surface area contributed by atoms with Gasteiger partial charge in [0.2, 0.25) is 0 Å². The van der Waals surface area contributed by atoms with Gasteiger partial charge in [-0.25, -0.2) is 11.7 Å². The molecule has 0 aromatic heterocycles. The Kier molecular flexibility index (Phi) is 2.76. The van der Waals surface area contributed by atoms with Gasteiger partial charge < -0.3 is 0 Å². The fourth-order valence-electron chi connectivity index (χ4n) is 0.132. The third kappa shape index (κ3) is 5.76. The van der Waals surface area contributed by atoms with Crippen LogP contribution in [0, 0.1) is 0 Å².